The van der Waals surface area contributed by atoms with E-state index < -0.39 is 32.5 Å². The molecule has 0 aromatic rings. The van der Waals surface area contributed by atoms with Crippen LogP contribution in [0, 0.1) is 0 Å². The van der Waals surface area contributed by atoms with E-state index in [1.807, 2.05) is 21.1 Å². The zero-order chi connectivity index (χ0) is 24.5. The van der Waals surface area contributed by atoms with Crippen LogP contribution in [0.2, 0.25) is 0 Å². The van der Waals surface area contributed by atoms with Crippen LogP contribution in [0.15, 0.2) is 0 Å². The minimum absolute atomic E-state index is 0.0336. The van der Waals surface area contributed by atoms with Crippen LogP contribution in [0.5, 0.6) is 0 Å². The van der Waals surface area contributed by atoms with Crippen molar-refractivity contribution in [2.75, 3.05) is 47.5 Å². The van der Waals surface area contributed by atoms with Crippen molar-refractivity contribution in [2.24, 2.45) is 0 Å². The molecule has 10 heteroatoms. The number of hydrogen-bond acceptors (Lipinski definition) is 7. The monoisotopic (exact) mass is 482 g/mol. The Bertz CT molecular complexity index is 565. The van der Waals surface area contributed by atoms with Crippen LogP contribution in [-0.2, 0) is 32.7 Å². The van der Waals surface area contributed by atoms with Crippen LogP contribution in [0.25, 0.3) is 0 Å². The van der Waals surface area contributed by atoms with Gasteiger partial charge in [-0.05, 0) is 12.8 Å². The van der Waals surface area contributed by atoms with Gasteiger partial charge in [0.1, 0.15) is 19.8 Å². The maximum absolute atomic E-state index is 12.1. The molecular weight excluding hydrogens is 437 g/mol. The van der Waals surface area contributed by atoms with Crippen molar-refractivity contribution < 1.29 is 42.1 Å². The Balaban J connectivity index is 4.63. The maximum atomic E-state index is 12.1. The number of unbranched alkanes of at least 4 members (excludes halogenated alkanes) is 6. The molecule has 0 saturated heterocycles. The first-order valence-electron chi connectivity index (χ1n) is 11.8. The van der Waals surface area contributed by atoms with Gasteiger partial charge in [0.25, 0.3) is 0 Å². The second kappa shape index (κ2) is 17.5. The number of phosphoric ester groups is 1. The number of phosphoric acid groups is 1. The van der Waals surface area contributed by atoms with Crippen LogP contribution in [0.1, 0.15) is 78.1 Å². The molecule has 0 aliphatic heterocycles. The molecule has 0 rings (SSSR count). The highest BCUT2D eigenvalue weighted by atomic mass is 31.2. The van der Waals surface area contributed by atoms with E-state index >= 15 is 0 Å². The summed E-state index contributed by atoms with van der Waals surface area (Å²) >= 11 is 0. The largest absolute Gasteiger partial charge is 0.472 e. The normalized spacial score (nSPS) is 14.6. The quantitative estimate of drug-likeness (QED) is 0.119. The van der Waals surface area contributed by atoms with Crippen LogP contribution in [0.3, 0.4) is 0 Å². The smallest absolute Gasteiger partial charge is 0.462 e. The highest BCUT2D eigenvalue weighted by molar-refractivity contribution is 7.47. The average molecular weight is 483 g/mol. The number of nitrogens with zero attached hydrogens (tertiary/aromatic N) is 1. The maximum Gasteiger partial charge on any atom is 0.472 e. The van der Waals surface area contributed by atoms with Gasteiger partial charge in [-0.3, -0.25) is 18.6 Å². The van der Waals surface area contributed by atoms with Crippen molar-refractivity contribution >= 4 is 19.8 Å². The van der Waals surface area contributed by atoms with Gasteiger partial charge in [0.05, 0.1) is 27.7 Å². The second-order valence-electron chi connectivity index (χ2n) is 9.03. The van der Waals surface area contributed by atoms with Crippen LogP contribution in [0.4, 0.5) is 0 Å². The van der Waals surface area contributed by atoms with E-state index in [-0.39, 0.29) is 26.1 Å². The first-order chi connectivity index (χ1) is 15.0. The SMILES string of the molecule is CCCCCCC(=O)OC[C@H](COP(=O)(O)OCC[N+](C)(C)C)OC(=O)CCCCCC. The molecule has 190 valence electrons. The van der Waals surface area contributed by atoms with Gasteiger partial charge in [-0.2, -0.15) is 0 Å². The zero-order valence-corrected chi connectivity index (χ0v) is 21.6. The van der Waals surface area contributed by atoms with Crippen molar-refractivity contribution in [3.05, 3.63) is 0 Å². The Hall–Kier alpha value is -0.990. The third-order valence-corrected chi connectivity index (χ3v) is 5.62. The minimum Gasteiger partial charge on any atom is -0.462 e. The molecule has 0 aliphatic carbocycles. The predicted molar refractivity (Wildman–Crippen MR) is 123 cm³/mol. The highest BCUT2D eigenvalue weighted by Crippen LogP contribution is 2.43. The Morgan fingerprint density at radius 3 is 1.94 bits per heavy atom. The van der Waals surface area contributed by atoms with Gasteiger partial charge in [-0.25, -0.2) is 4.57 Å². The summed E-state index contributed by atoms with van der Waals surface area (Å²) in [7, 11) is 1.47. The molecule has 0 fully saturated rings. The Kier molecular flexibility index (Phi) is 16.9. The molecule has 0 saturated carbocycles. The second-order valence-corrected chi connectivity index (χ2v) is 10.5. The van der Waals surface area contributed by atoms with E-state index in [1.54, 1.807) is 0 Å². The Labute approximate surface area is 193 Å². The average Bonchev–Trinajstić information content (AvgIpc) is 2.69. The molecule has 2 atom stereocenters. The molecule has 1 N–H and O–H groups in total. The van der Waals surface area contributed by atoms with E-state index in [0.29, 0.717) is 17.4 Å². The molecule has 0 radical (unpaired) electrons. The van der Waals surface area contributed by atoms with Gasteiger partial charge in [0.2, 0.25) is 0 Å². The van der Waals surface area contributed by atoms with Crippen LogP contribution in [-0.4, -0.2) is 74.9 Å². The summed E-state index contributed by atoms with van der Waals surface area (Å²) in [5.74, 6) is -0.844. The Morgan fingerprint density at radius 2 is 1.41 bits per heavy atom. The van der Waals surface area contributed by atoms with E-state index in [1.165, 1.54) is 0 Å². The first kappa shape index (κ1) is 31.0. The summed E-state index contributed by atoms with van der Waals surface area (Å²) < 4.78 is 33.2. The van der Waals surface area contributed by atoms with Crippen molar-refractivity contribution in [1.82, 2.24) is 0 Å². The first-order valence-corrected chi connectivity index (χ1v) is 13.3. The summed E-state index contributed by atoms with van der Waals surface area (Å²) in [5.41, 5.74) is 0. The van der Waals surface area contributed by atoms with E-state index in [9.17, 15) is 19.0 Å². The third kappa shape index (κ3) is 19.7. The number of ether oxygens (including phenoxy) is 2. The number of hydrogen-bond donors (Lipinski definition) is 1. The molecule has 32 heavy (non-hydrogen) atoms. The van der Waals surface area contributed by atoms with Crippen molar-refractivity contribution in [3.8, 4) is 0 Å². The number of likely N-dealkylation sites (N-methyl/N-ethyl adjacent to an activating group) is 1. The van der Waals surface area contributed by atoms with Crippen molar-refractivity contribution in [1.29, 1.82) is 0 Å². The van der Waals surface area contributed by atoms with Gasteiger partial charge in [0.15, 0.2) is 6.10 Å². The Morgan fingerprint density at radius 1 is 0.844 bits per heavy atom. The summed E-state index contributed by atoms with van der Waals surface area (Å²) in [4.78, 5) is 34.0. The van der Waals surface area contributed by atoms with Gasteiger partial charge < -0.3 is 18.9 Å². The summed E-state index contributed by atoms with van der Waals surface area (Å²) in [6, 6.07) is 0. The molecule has 1 unspecified atom stereocenters. The van der Waals surface area contributed by atoms with Crippen molar-refractivity contribution in [3.63, 3.8) is 0 Å². The van der Waals surface area contributed by atoms with Gasteiger partial charge >= 0.3 is 19.8 Å². The lowest BCUT2D eigenvalue weighted by Gasteiger charge is -2.24. The number of rotatable bonds is 20. The van der Waals surface area contributed by atoms with Crippen LogP contribution >= 0.6 is 7.82 Å². The molecule has 0 spiro atoms. The van der Waals surface area contributed by atoms with Crippen molar-refractivity contribution in [2.45, 2.75) is 84.2 Å². The van der Waals surface area contributed by atoms with Gasteiger partial charge in [-0.15, -0.1) is 0 Å². The van der Waals surface area contributed by atoms with E-state index in [2.05, 4.69) is 13.8 Å². The lowest BCUT2D eigenvalue weighted by Crippen LogP contribution is -2.37. The van der Waals surface area contributed by atoms with Gasteiger partial charge in [-0.1, -0.05) is 52.4 Å². The number of carbonyl (C=O) groups is 2. The molecule has 0 aromatic heterocycles. The zero-order valence-electron chi connectivity index (χ0n) is 20.7. The highest BCUT2D eigenvalue weighted by Gasteiger charge is 2.26. The minimum atomic E-state index is -4.32. The lowest BCUT2D eigenvalue weighted by molar-refractivity contribution is -0.870. The summed E-state index contributed by atoms with van der Waals surface area (Å²) in [5, 5.41) is 0. The molecular formula is C22H45NO8P+. The van der Waals surface area contributed by atoms with Crippen LogP contribution < -0.4 is 0 Å². The fourth-order valence-electron chi connectivity index (χ4n) is 2.66. The number of esters is 2. The molecule has 0 aliphatic rings. The third-order valence-electron chi connectivity index (χ3n) is 4.64. The molecule has 0 heterocycles. The number of quaternary nitrogens is 1. The molecule has 0 amide bonds. The fraction of sp³-hybridized carbons (Fsp3) is 0.909. The van der Waals surface area contributed by atoms with E-state index in [0.717, 1.165) is 44.9 Å². The van der Waals surface area contributed by atoms with E-state index in [4.69, 9.17) is 18.5 Å². The number of carbonyl (C=O) groups excluding carboxylic acids is 2. The summed E-state index contributed by atoms with van der Waals surface area (Å²) in [6.07, 6.45) is 7.06. The summed E-state index contributed by atoms with van der Waals surface area (Å²) in [6.45, 7) is 4.09. The standard InChI is InChI=1S/C22H44NO8P/c1-6-8-10-12-14-21(24)28-18-20(31-22(25)15-13-11-9-7-2)19-30-32(26,27)29-17-16-23(3,4)5/h20H,6-19H2,1-5H3/p+1/t20-/m1/s1. The van der Waals surface area contributed by atoms with Gasteiger partial charge in [0, 0.05) is 12.8 Å². The molecule has 9 nitrogen and oxygen atoms in total. The fourth-order valence-corrected chi connectivity index (χ4v) is 3.40. The topological polar surface area (TPSA) is 108 Å². The molecule has 0 aromatic carbocycles. The molecule has 0 bridgehead atoms. The predicted octanol–water partition coefficient (Wildman–Crippen LogP) is 4.22. The lowest BCUT2D eigenvalue weighted by atomic mass is 10.1.